The summed E-state index contributed by atoms with van der Waals surface area (Å²) in [5.74, 6) is 0. The normalized spacial score (nSPS) is 10.2. The fourth-order valence-electron chi connectivity index (χ4n) is 1.19. The number of hydrogen-bond acceptors (Lipinski definition) is 1. The molecule has 2 rings (SSSR count). The van der Waals surface area contributed by atoms with Crippen LogP contribution in [0.15, 0.2) is 36.4 Å². The zero-order valence-corrected chi connectivity index (χ0v) is 6.04. The largest absolute Gasteiger partial charge is 0.398 e. The van der Waals surface area contributed by atoms with Crippen molar-refractivity contribution < 1.29 is 0 Å². The van der Waals surface area contributed by atoms with Gasteiger partial charge in [0.1, 0.15) is 0 Å². The third-order valence-corrected chi connectivity index (χ3v) is 1.76. The van der Waals surface area contributed by atoms with E-state index in [2.05, 4.69) is 6.07 Å². The summed E-state index contributed by atoms with van der Waals surface area (Å²) in [6.45, 7) is 0. The quantitative estimate of drug-likeness (QED) is 0.561. The molecule has 0 amide bonds. The average molecular weight is 142 g/mol. The van der Waals surface area contributed by atoms with Gasteiger partial charge in [-0.3, -0.25) is 0 Å². The molecule has 0 aliphatic carbocycles. The van der Waals surface area contributed by atoms with E-state index in [9.17, 15) is 0 Å². The van der Waals surface area contributed by atoms with Crippen molar-refractivity contribution in [1.82, 2.24) is 0 Å². The molecule has 0 aliphatic rings. The van der Waals surface area contributed by atoms with Gasteiger partial charge in [0.2, 0.25) is 0 Å². The zero-order valence-electron chi connectivity index (χ0n) is 6.04. The Labute approximate surface area is 65.5 Å². The molecular formula is C10H8N. The van der Waals surface area contributed by atoms with Crippen molar-refractivity contribution in [3.63, 3.8) is 0 Å². The van der Waals surface area contributed by atoms with Gasteiger partial charge >= 0.3 is 0 Å². The number of rotatable bonds is 0. The van der Waals surface area contributed by atoms with Crippen LogP contribution in [0.1, 0.15) is 0 Å². The van der Waals surface area contributed by atoms with Gasteiger partial charge in [0.05, 0.1) is 0 Å². The lowest BCUT2D eigenvalue weighted by Crippen LogP contribution is -1.84. The first kappa shape index (κ1) is 6.23. The predicted octanol–water partition coefficient (Wildman–Crippen LogP) is 2.22. The van der Waals surface area contributed by atoms with Crippen molar-refractivity contribution in [3.05, 3.63) is 42.5 Å². The topological polar surface area (TPSA) is 26.0 Å². The minimum absolute atomic E-state index is 0.830. The number of nitrogens with two attached hydrogens (primary N) is 1. The van der Waals surface area contributed by atoms with Gasteiger partial charge in [-0.2, -0.15) is 0 Å². The molecule has 53 valence electrons. The first-order chi connectivity index (χ1) is 5.38. The van der Waals surface area contributed by atoms with Gasteiger partial charge in [0, 0.05) is 11.1 Å². The SMILES string of the molecule is Nc1cccc2c[c]ccc12. The van der Waals surface area contributed by atoms with Crippen LogP contribution in [-0.4, -0.2) is 0 Å². The lowest BCUT2D eigenvalue weighted by molar-refractivity contribution is 1.72. The van der Waals surface area contributed by atoms with E-state index in [0.29, 0.717) is 0 Å². The van der Waals surface area contributed by atoms with Crippen molar-refractivity contribution in [2.24, 2.45) is 0 Å². The van der Waals surface area contributed by atoms with Crippen LogP contribution in [0.3, 0.4) is 0 Å². The van der Waals surface area contributed by atoms with Crippen molar-refractivity contribution in [2.45, 2.75) is 0 Å². The van der Waals surface area contributed by atoms with Crippen LogP contribution in [0.2, 0.25) is 0 Å². The van der Waals surface area contributed by atoms with Crippen molar-refractivity contribution >= 4 is 16.5 Å². The summed E-state index contributed by atoms with van der Waals surface area (Å²) >= 11 is 0. The second-order valence-corrected chi connectivity index (χ2v) is 2.49. The maximum atomic E-state index is 5.74. The number of anilines is 1. The van der Waals surface area contributed by atoms with E-state index < -0.39 is 0 Å². The van der Waals surface area contributed by atoms with E-state index in [1.54, 1.807) is 0 Å². The maximum absolute atomic E-state index is 5.74. The molecular weight excluding hydrogens is 134 g/mol. The smallest absolute Gasteiger partial charge is 0.0393 e. The standard InChI is InChI=1S/C10H8N/c11-10-7-3-5-8-4-1-2-6-9(8)10/h2-7H,11H2. The summed E-state index contributed by atoms with van der Waals surface area (Å²) < 4.78 is 0. The molecule has 11 heavy (non-hydrogen) atoms. The Bertz CT molecular complexity index is 374. The highest BCUT2D eigenvalue weighted by Crippen LogP contribution is 2.18. The second-order valence-electron chi connectivity index (χ2n) is 2.49. The zero-order chi connectivity index (χ0) is 7.68. The molecule has 0 saturated heterocycles. The Morgan fingerprint density at radius 3 is 2.91 bits per heavy atom. The summed E-state index contributed by atoms with van der Waals surface area (Å²) in [6.07, 6.45) is 0. The molecule has 1 heteroatoms. The Kier molecular flexibility index (Phi) is 1.29. The second kappa shape index (κ2) is 2.27. The molecule has 2 N–H and O–H groups in total. The predicted molar refractivity (Wildman–Crippen MR) is 47.2 cm³/mol. The molecule has 0 heterocycles. The minimum Gasteiger partial charge on any atom is -0.398 e. The van der Waals surface area contributed by atoms with Gasteiger partial charge < -0.3 is 5.73 Å². The van der Waals surface area contributed by atoms with Gasteiger partial charge in [-0.1, -0.05) is 24.3 Å². The molecule has 1 radical (unpaired) electrons. The lowest BCUT2D eigenvalue weighted by atomic mass is 10.1. The highest BCUT2D eigenvalue weighted by Gasteiger charge is 1.92. The Balaban J connectivity index is 2.91. The maximum Gasteiger partial charge on any atom is 0.0393 e. The Morgan fingerprint density at radius 2 is 2.09 bits per heavy atom. The van der Waals surface area contributed by atoms with E-state index >= 15 is 0 Å². The van der Waals surface area contributed by atoms with Crippen LogP contribution < -0.4 is 5.73 Å². The van der Waals surface area contributed by atoms with E-state index in [0.717, 1.165) is 16.5 Å². The van der Waals surface area contributed by atoms with E-state index in [1.807, 2.05) is 36.4 Å². The summed E-state index contributed by atoms with van der Waals surface area (Å²) in [7, 11) is 0. The number of benzene rings is 2. The molecule has 2 aromatic rings. The van der Waals surface area contributed by atoms with Gasteiger partial charge in [-0.25, -0.2) is 0 Å². The molecule has 1 nitrogen and oxygen atoms in total. The molecule has 2 aromatic carbocycles. The Morgan fingerprint density at radius 1 is 1.18 bits per heavy atom. The summed E-state index contributed by atoms with van der Waals surface area (Å²) in [5, 5.41) is 2.25. The van der Waals surface area contributed by atoms with Gasteiger partial charge in [-0.05, 0) is 23.6 Å². The number of nitrogen functional groups attached to an aromatic ring is 1. The highest BCUT2D eigenvalue weighted by molar-refractivity contribution is 5.92. The molecule has 0 spiro atoms. The van der Waals surface area contributed by atoms with Crippen molar-refractivity contribution in [1.29, 1.82) is 0 Å². The summed E-state index contributed by atoms with van der Waals surface area (Å²) in [4.78, 5) is 0. The van der Waals surface area contributed by atoms with Crippen LogP contribution in [0.5, 0.6) is 0 Å². The van der Waals surface area contributed by atoms with Crippen molar-refractivity contribution in [3.8, 4) is 0 Å². The van der Waals surface area contributed by atoms with E-state index in [1.165, 1.54) is 0 Å². The monoisotopic (exact) mass is 142 g/mol. The van der Waals surface area contributed by atoms with Crippen LogP contribution in [0, 0.1) is 6.07 Å². The van der Waals surface area contributed by atoms with Crippen LogP contribution >= 0.6 is 0 Å². The molecule has 0 bridgehead atoms. The highest BCUT2D eigenvalue weighted by atomic mass is 14.5. The number of hydrogen-bond donors (Lipinski definition) is 1. The minimum atomic E-state index is 0.830. The first-order valence-electron chi connectivity index (χ1n) is 3.52. The fourth-order valence-corrected chi connectivity index (χ4v) is 1.19. The number of fused-ring (bicyclic) bond motifs is 1. The van der Waals surface area contributed by atoms with Crippen molar-refractivity contribution in [2.75, 3.05) is 5.73 Å². The van der Waals surface area contributed by atoms with Crippen LogP contribution in [-0.2, 0) is 0 Å². The van der Waals surface area contributed by atoms with E-state index in [4.69, 9.17) is 5.73 Å². The average Bonchev–Trinajstić information content (AvgIpc) is 2.06. The third kappa shape index (κ3) is 0.944. The van der Waals surface area contributed by atoms with Gasteiger partial charge in [-0.15, -0.1) is 0 Å². The molecule has 0 aromatic heterocycles. The first-order valence-corrected chi connectivity index (χ1v) is 3.52. The molecule has 0 fully saturated rings. The molecule has 0 unspecified atom stereocenters. The Hall–Kier alpha value is -1.50. The van der Waals surface area contributed by atoms with Crippen LogP contribution in [0.4, 0.5) is 5.69 Å². The summed E-state index contributed by atoms with van der Waals surface area (Å²) in [5.41, 5.74) is 6.57. The summed E-state index contributed by atoms with van der Waals surface area (Å²) in [6, 6.07) is 14.7. The third-order valence-electron chi connectivity index (χ3n) is 1.76. The van der Waals surface area contributed by atoms with Crippen LogP contribution in [0.25, 0.3) is 10.8 Å². The van der Waals surface area contributed by atoms with Gasteiger partial charge in [0.15, 0.2) is 0 Å². The molecule has 0 saturated carbocycles. The fraction of sp³-hybridized carbons (Fsp3) is 0. The lowest BCUT2D eigenvalue weighted by Gasteiger charge is -1.98. The van der Waals surface area contributed by atoms with E-state index in [-0.39, 0.29) is 0 Å². The van der Waals surface area contributed by atoms with Gasteiger partial charge in [0.25, 0.3) is 0 Å². The molecule has 0 atom stereocenters. The molecule has 0 aliphatic heterocycles.